The molecule has 0 saturated carbocycles. The number of alkyl halides is 4. The second kappa shape index (κ2) is 22.1. The Hall–Kier alpha value is -6.94. The summed E-state index contributed by atoms with van der Waals surface area (Å²) in [7, 11) is 0. The van der Waals surface area contributed by atoms with E-state index < -0.39 is 66.3 Å². The van der Waals surface area contributed by atoms with E-state index in [0.29, 0.717) is 64.0 Å². The number of rotatable bonds is 12. The molecule has 22 heteroatoms. The van der Waals surface area contributed by atoms with Gasteiger partial charge in [-0.3, -0.25) is 19.4 Å². The number of carbonyl (C=O) groups excluding carboxylic acids is 4. The lowest BCUT2D eigenvalue weighted by Crippen LogP contribution is -2.48. The first kappa shape index (κ1) is 47.5. The second-order valence-electron chi connectivity index (χ2n) is 14.2. The maximum absolute atomic E-state index is 14.9. The van der Waals surface area contributed by atoms with Crippen molar-refractivity contribution in [2.45, 2.75) is 25.9 Å². The van der Waals surface area contributed by atoms with E-state index in [1.807, 2.05) is 0 Å². The van der Waals surface area contributed by atoms with Crippen LogP contribution in [0.4, 0.5) is 56.1 Å². The van der Waals surface area contributed by atoms with Gasteiger partial charge in [-0.05, 0) is 66.7 Å². The minimum atomic E-state index is -3.27. The number of urea groups is 2. The molecule has 344 valence electrons. The van der Waals surface area contributed by atoms with E-state index in [-0.39, 0.29) is 47.3 Å². The summed E-state index contributed by atoms with van der Waals surface area (Å²) < 4.78 is 122. The van der Waals surface area contributed by atoms with Crippen molar-refractivity contribution in [2.24, 2.45) is 0 Å². The van der Waals surface area contributed by atoms with Crippen molar-refractivity contribution in [1.82, 2.24) is 25.3 Å². The van der Waals surface area contributed by atoms with Crippen LogP contribution in [0, 0.1) is 23.3 Å². The molecule has 4 aromatic carbocycles. The highest BCUT2D eigenvalue weighted by Gasteiger charge is 2.28. The first-order chi connectivity index (χ1) is 31.2. The maximum Gasteiger partial charge on any atom is 0.324 e. The fraction of sp³-hybridized carbons (Fsp3) is 0.302. The van der Waals surface area contributed by atoms with Gasteiger partial charge in [0.2, 0.25) is 5.89 Å². The van der Waals surface area contributed by atoms with E-state index in [1.165, 1.54) is 87.5 Å². The average molecular weight is 918 g/mol. The third kappa shape index (κ3) is 12.6. The van der Waals surface area contributed by atoms with E-state index in [1.54, 1.807) is 10.2 Å². The molecule has 0 radical (unpaired) electrons. The molecule has 2 fully saturated rings. The summed E-state index contributed by atoms with van der Waals surface area (Å²) >= 11 is 0. The molecule has 5 aromatic rings. The number of aromatic nitrogens is 2. The summed E-state index contributed by atoms with van der Waals surface area (Å²) in [5.74, 6) is -5.92. The largest absolute Gasteiger partial charge is 0.415 e. The summed E-state index contributed by atoms with van der Waals surface area (Å²) in [6.45, 7) is 1.88. The van der Waals surface area contributed by atoms with Gasteiger partial charge in [-0.15, -0.1) is 10.2 Å². The Kier molecular flexibility index (Phi) is 16.2. The molecule has 0 bridgehead atoms. The Bertz CT molecular complexity index is 2430. The first-order valence-corrected chi connectivity index (χ1v) is 19.8. The molecular weight excluding hydrogens is 878 g/mol. The molecule has 5 amide bonds. The van der Waals surface area contributed by atoms with Crippen molar-refractivity contribution < 1.29 is 68.2 Å². The molecule has 7 rings (SSSR count). The number of nitrogens with one attached hydrogen (secondary N) is 1. The van der Waals surface area contributed by atoms with Crippen LogP contribution in [0.25, 0.3) is 11.5 Å². The highest BCUT2D eigenvalue weighted by molar-refractivity contribution is 5.99. The second-order valence-corrected chi connectivity index (χ2v) is 14.2. The number of hydrogen-bond donors (Lipinski definition) is 1. The summed E-state index contributed by atoms with van der Waals surface area (Å²) in [4.78, 5) is 55.0. The van der Waals surface area contributed by atoms with Gasteiger partial charge in [0, 0.05) is 59.8 Å². The monoisotopic (exact) mass is 917 g/mol. The zero-order chi connectivity index (χ0) is 46.6. The zero-order valence-corrected chi connectivity index (χ0v) is 34.1. The number of Topliss-reactive ketones (excluding diaryl/α,β-unsaturated/α-hetero) is 1. The molecule has 1 aromatic heterocycles. The van der Waals surface area contributed by atoms with E-state index in [0.717, 1.165) is 12.1 Å². The van der Waals surface area contributed by atoms with E-state index in [9.17, 15) is 54.3 Å². The zero-order valence-electron chi connectivity index (χ0n) is 34.1. The number of ketones is 1. The number of ether oxygens (including phenoxy) is 2. The molecule has 1 N–H and O–H groups in total. The lowest BCUT2D eigenvalue weighted by molar-refractivity contribution is -0.131. The van der Waals surface area contributed by atoms with Gasteiger partial charge in [-0.1, -0.05) is 18.2 Å². The standard InChI is InChI=1S/C22H21F4N3O4.C21H18F4N4O3/c23-16-3-5-17(6-4-16)29(22(32)28-7-9-33-10-8-28)13-15-2-1-14(11-18(15)24)19(30)12-27-21(31)20(25)26;22-15-3-5-16(6-4-15)29(21(30)28-7-9-31-10-8-28)12-14-2-1-13(11-17(14)23)19-26-27-20(32-19)18(24)25/h1-6,11,20H,7-10,12-13H2,(H,27,31);1-6,11,18H,7-10,12H2. The van der Waals surface area contributed by atoms with Crippen LogP contribution in [0.2, 0.25) is 0 Å². The lowest BCUT2D eigenvalue weighted by atomic mass is 10.1. The van der Waals surface area contributed by atoms with Crippen LogP contribution in [-0.4, -0.2) is 109 Å². The molecular formula is C43H39F8N7O7. The molecule has 0 unspecified atom stereocenters. The molecule has 14 nitrogen and oxygen atoms in total. The molecule has 2 aliphatic heterocycles. The fourth-order valence-electron chi connectivity index (χ4n) is 6.42. The van der Waals surface area contributed by atoms with Crippen LogP contribution >= 0.6 is 0 Å². The summed E-state index contributed by atoms with van der Waals surface area (Å²) in [5, 5.41) is 8.49. The quantitative estimate of drug-likeness (QED) is 0.0998. The van der Waals surface area contributed by atoms with Crippen LogP contribution in [-0.2, 0) is 27.4 Å². The summed E-state index contributed by atoms with van der Waals surface area (Å²) in [5.41, 5.74) is 0.978. The molecule has 2 saturated heterocycles. The molecule has 65 heavy (non-hydrogen) atoms. The molecule has 0 aliphatic carbocycles. The van der Waals surface area contributed by atoms with Crippen LogP contribution in [0.3, 0.4) is 0 Å². The van der Waals surface area contributed by atoms with Gasteiger partial charge in [0.05, 0.1) is 46.1 Å². The van der Waals surface area contributed by atoms with Crippen LogP contribution in [0.5, 0.6) is 0 Å². The number of morpholine rings is 2. The minimum Gasteiger partial charge on any atom is -0.415 e. The Morgan fingerprint density at radius 1 is 0.631 bits per heavy atom. The Morgan fingerprint density at radius 3 is 1.54 bits per heavy atom. The highest BCUT2D eigenvalue weighted by Crippen LogP contribution is 2.28. The van der Waals surface area contributed by atoms with Crippen molar-refractivity contribution in [3.05, 3.63) is 131 Å². The van der Waals surface area contributed by atoms with Gasteiger partial charge < -0.3 is 29.0 Å². The Balaban J connectivity index is 0.000000215. The number of amides is 5. The summed E-state index contributed by atoms with van der Waals surface area (Å²) in [6, 6.07) is 17.0. The van der Waals surface area contributed by atoms with Crippen molar-refractivity contribution in [3.8, 4) is 11.5 Å². The topological polar surface area (TPSA) is 151 Å². The maximum atomic E-state index is 14.9. The normalized spacial score (nSPS) is 13.9. The Morgan fingerprint density at radius 2 is 1.11 bits per heavy atom. The van der Waals surface area contributed by atoms with Gasteiger partial charge >= 0.3 is 24.9 Å². The van der Waals surface area contributed by atoms with Gasteiger partial charge in [0.15, 0.2) is 5.78 Å². The minimum absolute atomic E-state index is 0.0779. The van der Waals surface area contributed by atoms with E-state index >= 15 is 0 Å². The number of halogens is 8. The van der Waals surface area contributed by atoms with Gasteiger partial charge in [-0.2, -0.15) is 17.6 Å². The molecule has 0 spiro atoms. The predicted octanol–water partition coefficient (Wildman–Crippen LogP) is 7.40. The molecule has 0 atom stereocenters. The van der Waals surface area contributed by atoms with E-state index in [2.05, 4.69) is 10.2 Å². The smallest absolute Gasteiger partial charge is 0.324 e. The summed E-state index contributed by atoms with van der Waals surface area (Å²) in [6.07, 6.45) is -6.20. The average Bonchev–Trinajstić information content (AvgIpc) is 3.82. The highest BCUT2D eigenvalue weighted by atomic mass is 19.3. The van der Waals surface area contributed by atoms with Gasteiger partial charge in [0.25, 0.3) is 11.8 Å². The fourth-order valence-corrected chi connectivity index (χ4v) is 6.42. The van der Waals surface area contributed by atoms with Gasteiger partial charge in [0.1, 0.15) is 23.3 Å². The lowest BCUT2D eigenvalue weighted by Gasteiger charge is -2.33. The number of nitrogens with zero attached hydrogens (tertiary/aromatic N) is 6. The number of benzene rings is 4. The van der Waals surface area contributed by atoms with Crippen molar-refractivity contribution in [1.29, 1.82) is 0 Å². The Labute approximate surface area is 365 Å². The third-order valence-electron chi connectivity index (χ3n) is 9.88. The number of hydrogen-bond acceptors (Lipinski definition) is 9. The van der Waals surface area contributed by atoms with Gasteiger partial charge in [-0.25, -0.2) is 27.2 Å². The van der Waals surface area contributed by atoms with Crippen LogP contribution < -0.4 is 15.1 Å². The molecule has 2 aliphatic rings. The van der Waals surface area contributed by atoms with Crippen molar-refractivity contribution in [3.63, 3.8) is 0 Å². The van der Waals surface area contributed by atoms with Crippen molar-refractivity contribution >= 4 is 35.1 Å². The predicted molar refractivity (Wildman–Crippen MR) is 215 cm³/mol. The van der Waals surface area contributed by atoms with Crippen LogP contribution in [0.1, 0.15) is 33.8 Å². The number of carbonyl (C=O) groups is 4. The SMILES string of the molecule is O=C(CNC(=O)C(F)F)c1ccc(CN(C(=O)N2CCOCC2)c2ccc(F)cc2)c(F)c1.O=C(N1CCOCC1)N(Cc1ccc(-c2nnc(C(F)F)o2)cc1F)c1ccc(F)cc1. The van der Waals surface area contributed by atoms with E-state index in [4.69, 9.17) is 13.9 Å². The third-order valence-corrected chi connectivity index (χ3v) is 9.88. The number of anilines is 2. The van der Waals surface area contributed by atoms with Crippen molar-refractivity contribution in [2.75, 3.05) is 69.0 Å². The first-order valence-electron chi connectivity index (χ1n) is 19.8. The molecule has 3 heterocycles. The van der Waals surface area contributed by atoms with Crippen LogP contribution in [0.15, 0.2) is 89.3 Å².